The van der Waals surface area contributed by atoms with E-state index < -0.39 is 17.6 Å². The zero-order chi connectivity index (χ0) is 9.19. The van der Waals surface area contributed by atoms with Crippen LogP contribution in [0.15, 0.2) is 0 Å². The maximum atomic E-state index is 13.3. The molecular weight excluding hydrogens is 162 g/mol. The van der Waals surface area contributed by atoms with Crippen molar-refractivity contribution in [3.63, 3.8) is 0 Å². The van der Waals surface area contributed by atoms with E-state index in [2.05, 4.69) is 0 Å². The lowest BCUT2D eigenvalue weighted by atomic mass is 9.98. The molecule has 0 aliphatic heterocycles. The van der Waals surface area contributed by atoms with Crippen LogP contribution in [0.3, 0.4) is 0 Å². The highest BCUT2D eigenvalue weighted by molar-refractivity contribution is 5.70. The van der Waals surface area contributed by atoms with Crippen LogP contribution >= 0.6 is 0 Å². The largest absolute Gasteiger partial charge is 0.304 e. The van der Waals surface area contributed by atoms with Gasteiger partial charge < -0.3 is 0 Å². The quantitative estimate of drug-likeness (QED) is 0.443. The van der Waals surface area contributed by atoms with E-state index in [1.807, 2.05) is 0 Å². The number of hydrogen-bond acceptors (Lipinski definition) is 1. The van der Waals surface area contributed by atoms with Gasteiger partial charge in [-0.25, -0.2) is 4.39 Å². The molecule has 1 aliphatic rings. The first kappa shape index (κ1) is 9.62. The molecule has 3 heteroatoms. The Bertz CT molecular complexity index is 177. The van der Waals surface area contributed by atoms with Crippen LogP contribution in [0, 0.1) is 5.92 Å². The van der Waals surface area contributed by atoms with Crippen molar-refractivity contribution in [1.82, 2.24) is 0 Å². The van der Waals surface area contributed by atoms with Gasteiger partial charge in [0.25, 0.3) is 0 Å². The molecule has 0 aromatic heterocycles. The molecule has 1 aliphatic carbocycles. The molecule has 0 N–H and O–H groups in total. The van der Waals surface area contributed by atoms with E-state index in [9.17, 15) is 13.6 Å². The summed E-state index contributed by atoms with van der Waals surface area (Å²) >= 11 is 0. The first-order valence-corrected chi connectivity index (χ1v) is 4.39. The summed E-state index contributed by atoms with van der Waals surface area (Å²) in [5, 5.41) is 0. The normalized spacial score (nSPS) is 37.4. The van der Waals surface area contributed by atoms with E-state index in [-0.39, 0.29) is 0 Å². The van der Waals surface area contributed by atoms with Gasteiger partial charge in [0, 0.05) is 0 Å². The zero-order valence-corrected chi connectivity index (χ0v) is 7.28. The Morgan fingerprint density at radius 2 is 2.08 bits per heavy atom. The summed E-state index contributed by atoms with van der Waals surface area (Å²) in [5.41, 5.74) is -1.19. The van der Waals surface area contributed by atoms with Crippen LogP contribution < -0.4 is 0 Å². The molecule has 12 heavy (non-hydrogen) atoms. The van der Waals surface area contributed by atoms with Crippen LogP contribution in [0.4, 0.5) is 8.78 Å². The topological polar surface area (TPSA) is 17.1 Å². The molecular formula is C9H14F2O. The summed E-state index contributed by atoms with van der Waals surface area (Å²) in [6.45, 7) is 1.53. The average molecular weight is 176 g/mol. The Morgan fingerprint density at radius 3 is 2.67 bits per heavy atom. The third-order valence-electron chi connectivity index (χ3n) is 2.59. The molecule has 1 saturated carbocycles. The molecule has 70 valence electrons. The second-order valence-corrected chi connectivity index (χ2v) is 3.85. The second kappa shape index (κ2) is 3.50. The van der Waals surface area contributed by atoms with Crippen molar-refractivity contribution >= 4 is 6.04 Å². The van der Waals surface area contributed by atoms with Gasteiger partial charge in [-0.05, 0) is 39.0 Å². The third-order valence-corrected chi connectivity index (χ3v) is 2.59. The van der Waals surface area contributed by atoms with Crippen molar-refractivity contribution in [2.24, 2.45) is 5.92 Å². The molecule has 0 aromatic carbocycles. The second-order valence-electron chi connectivity index (χ2n) is 3.85. The molecule has 1 fully saturated rings. The summed E-state index contributed by atoms with van der Waals surface area (Å²) in [7, 11) is 0. The van der Waals surface area contributed by atoms with Crippen molar-refractivity contribution < 1.29 is 13.6 Å². The van der Waals surface area contributed by atoms with Crippen LogP contribution in [-0.2, 0) is 4.79 Å². The van der Waals surface area contributed by atoms with E-state index in [4.69, 9.17) is 0 Å². The lowest BCUT2D eigenvalue weighted by molar-refractivity contribution is -0.134. The van der Waals surface area contributed by atoms with Crippen LogP contribution in [0.1, 0.15) is 39.0 Å². The van der Waals surface area contributed by atoms with Crippen molar-refractivity contribution in [1.29, 1.82) is 0 Å². The lowest BCUT2D eigenvalue weighted by Gasteiger charge is -2.16. The fourth-order valence-corrected chi connectivity index (χ4v) is 1.69. The first-order chi connectivity index (χ1) is 5.51. The Hall–Kier alpha value is -0.470. The van der Waals surface area contributed by atoms with Crippen molar-refractivity contribution in [3.8, 4) is 0 Å². The van der Waals surface area contributed by atoms with E-state index in [1.54, 1.807) is 0 Å². The lowest BCUT2D eigenvalue weighted by Crippen LogP contribution is -2.16. The molecule has 0 radical (unpaired) electrons. The van der Waals surface area contributed by atoms with Gasteiger partial charge in [-0.1, -0.05) is 0 Å². The minimum absolute atomic E-state index is 0.313. The Kier molecular flexibility index (Phi) is 2.80. The molecule has 2 unspecified atom stereocenters. The molecule has 0 bridgehead atoms. The minimum Gasteiger partial charge on any atom is -0.261 e. The first-order valence-electron chi connectivity index (χ1n) is 4.39. The highest BCUT2D eigenvalue weighted by atomic mass is 19.1. The van der Waals surface area contributed by atoms with Crippen molar-refractivity contribution in [2.75, 3.05) is 0 Å². The molecule has 1 rings (SSSR count). The predicted octanol–water partition coefficient (Wildman–Crippen LogP) is 2.79. The summed E-state index contributed by atoms with van der Waals surface area (Å²) in [6, 6.07) is -1.27. The summed E-state index contributed by atoms with van der Waals surface area (Å²) < 4.78 is 25.6. The minimum atomic E-state index is -1.27. The van der Waals surface area contributed by atoms with Crippen molar-refractivity contribution in [3.05, 3.63) is 0 Å². The smallest absolute Gasteiger partial charge is 0.261 e. The van der Waals surface area contributed by atoms with Crippen LogP contribution in [0.2, 0.25) is 0 Å². The van der Waals surface area contributed by atoms with Crippen LogP contribution in [0.5, 0.6) is 0 Å². The standard InChI is InChI=1S/C9H14F2O/c1-9(11)5-2-3-7(4-6-9)8(10)12/h7H,2-6H2,1H3. The van der Waals surface area contributed by atoms with Gasteiger partial charge >= 0.3 is 6.04 Å². The number of carbonyl (C=O) groups excluding carboxylic acids is 1. The molecule has 0 aromatic rings. The Morgan fingerprint density at radius 1 is 1.42 bits per heavy atom. The van der Waals surface area contributed by atoms with Gasteiger partial charge in [0.2, 0.25) is 0 Å². The number of rotatable bonds is 1. The Balaban J connectivity index is 2.50. The van der Waals surface area contributed by atoms with E-state index >= 15 is 0 Å². The van der Waals surface area contributed by atoms with Gasteiger partial charge in [-0.2, -0.15) is 4.39 Å². The predicted molar refractivity (Wildman–Crippen MR) is 42.2 cm³/mol. The van der Waals surface area contributed by atoms with Gasteiger partial charge in [-0.15, -0.1) is 0 Å². The monoisotopic (exact) mass is 176 g/mol. The summed E-state index contributed by atoms with van der Waals surface area (Å²) in [6.07, 6.45) is 2.26. The van der Waals surface area contributed by atoms with E-state index in [1.165, 1.54) is 6.92 Å². The summed E-state index contributed by atoms with van der Waals surface area (Å²) in [5.74, 6) is -0.539. The van der Waals surface area contributed by atoms with Gasteiger partial charge in [-0.3, -0.25) is 4.79 Å². The molecule has 2 atom stereocenters. The van der Waals surface area contributed by atoms with E-state index in [0.717, 1.165) is 0 Å². The maximum absolute atomic E-state index is 13.3. The van der Waals surface area contributed by atoms with Crippen molar-refractivity contribution in [2.45, 2.75) is 44.7 Å². The SMILES string of the molecule is CC1(F)CCCC(C(=O)F)CC1. The van der Waals surface area contributed by atoms with Crippen LogP contribution in [-0.4, -0.2) is 11.7 Å². The Labute approximate surface area is 71.1 Å². The molecule has 0 heterocycles. The zero-order valence-electron chi connectivity index (χ0n) is 7.28. The molecule has 0 saturated heterocycles. The van der Waals surface area contributed by atoms with E-state index in [0.29, 0.717) is 32.1 Å². The highest BCUT2D eigenvalue weighted by Gasteiger charge is 2.30. The fourth-order valence-electron chi connectivity index (χ4n) is 1.69. The molecule has 1 nitrogen and oxygen atoms in total. The van der Waals surface area contributed by atoms with Gasteiger partial charge in [0.15, 0.2) is 0 Å². The fraction of sp³-hybridized carbons (Fsp3) is 0.889. The summed E-state index contributed by atoms with van der Waals surface area (Å²) in [4.78, 5) is 10.4. The number of hydrogen-bond donors (Lipinski definition) is 0. The number of carbonyl (C=O) groups is 1. The molecule has 0 spiro atoms. The maximum Gasteiger partial charge on any atom is 0.304 e. The average Bonchev–Trinajstić information content (AvgIpc) is 2.10. The van der Waals surface area contributed by atoms with Gasteiger partial charge in [0.05, 0.1) is 5.92 Å². The number of halogens is 2. The van der Waals surface area contributed by atoms with Crippen LogP contribution in [0.25, 0.3) is 0 Å². The molecule has 0 amide bonds. The number of alkyl halides is 1. The highest BCUT2D eigenvalue weighted by Crippen LogP contribution is 2.33. The third kappa shape index (κ3) is 2.54. The van der Waals surface area contributed by atoms with Gasteiger partial charge in [0.1, 0.15) is 5.67 Å².